The fraction of sp³-hybridized carbons (Fsp3) is 0.455. The zero-order valence-corrected chi connectivity index (χ0v) is 9.60. The molecule has 0 aliphatic carbocycles. The quantitative estimate of drug-likeness (QED) is 0.810. The van der Waals surface area contributed by atoms with Crippen LogP contribution in [0.4, 0.5) is 0 Å². The summed E-state index contributed by atoms with van der Waals surface area (Å²) in [6.07, 6.45) is 0.850. The molecule has 80 valence electrons. The molecule has 0 spiro atoms. The van der Waals surface area contributed by atoms with E-state index < -0.39 is 0 Å². The number of nitrogens with two attached hydrogens (primary N) is 2. The van der Waals surface area contributed by atoms with Crippen molar-refractivity contribution in [3.8, 4) is 0 Å². The lowest BCUT2D eigenvalue weighted by Crippen LogP contribution is -2.15. The Balaban J connectivity index is 0.00000169. The van der Waals surface area contributed by atoms with E-state index in [1.807, 2.05) is 0 Å². The van der Waals surface area contributed by atoms with Crippen molar-refractivity contribution in [1.82, 2.24) is 0 Å². The maximum Gasteiger partial charge on any atom is 0.0307 e. The van der Waals surface area contributed by atoms with Crippen LogP contribution in [0, 0.1) is 13.8 Å². The summed E-state index contributed by atoms with van der Waals surface area (Å²) >= 11 is 0. The molecular formula is C11H19ClN2. The molecule has 0 heterocycles. The third kappa shape index (κ3) is 3.29. The van der Waals surface area contributed by atoms with Gasteiger partial charge in [-0.3, -0.25) is 0 Å². The Morgan fingerprint density at radius 2 is 1.86 bits per heavy atom. The molecule has 1 atom stereocenters. The van der Waals surface area contributed by atoms with E-state index in [-0.39, 0.29) is 18.4 Å². The van der Waals surface area contributed by atoms with Crippen LogP contribution in [0.25, 0.3) is 0 Å². The van der Waals surface area contributed by atoms with Gasteiger partial charge in [-0.15, -0.1) is 12.4 Å². The van der Waals surface area contributed by atoms with Gasteiger partial charge in [-0.05, 0) is 43.5 Å². The van der Waals surface area contributed by atoms with Gasteiger partial charge in [0.05, 0.1) is 0 Å². The number of hydrogen-bond donors (Lipinski definition) is 2. The number of rotatable bonds is 3. The molecule has 2 nitrogen and oxygen atoms in total. The number of aryl methyl sites for hydroxylation is 2. The van der Waals surface area contributed by atoms with Crippen LogP contribution in [-0.2, 0) is 0 Å². The Bertz CT molecular complexity index is 287. The molecule has 0 radical (unpaired) electrons. The van der Waals surface area contributed by atoms with E-state index in [9.17, 15) is 0 Å². The summed E-state index contributed by atoms with van der Waals surface area (Å²) < 4.78 is 0. The maximum absolute atomic E-state index is 5.94. The minimum Gasteiger partial charge on any atom is -0.330 e. The first kappa shape index (κ1) is 13.4. The average Bonchev–Trinajstić information content (AvgIpc) is 2.10. The van der Waals surface area contributed by atoms with E-state index in [4.69, 9.17) is 11.5 Å². The summed E-state index contributed by atoms with van der Waals surface area (Å²) in [7, 11) is 0. The largest absolute Gasteiger partial charge is 0.330 e. The van der Waals surface area contributed by atoms with Gasteiger partial charge in [0.15, 0.2) is 0 Å². The van der Waals surface area contributed by atoms with E-state index in [1.54, 1.807) is 0 Å². The monoisotopic (exact) mass is 214 g/mol. The Morgan fingerprint density at radius 3 is 2.36 bits per heavy atom. The second kappa shape index (κ2) is 6.02. The summed E-state index contributed by atoms with van der Waals surface area (Å²) in [4.78, 5) is 0. The van der Waals surface area contributed by atoms with Crippen molar-refractivity contribution >= 4 is 12.4 Å². The van der Waals surface area contributed by atoms with Crippen molar-refractivity contribution in [3.63, 3.8) is 0 Å². The molecule has 0 saturated heterocycles. The first-order valence-electron chi connectivity index (χ1n) is 4.68. The van der Waals surface area contributed by atoms with Crippen molar-refractivity contribution in [2.45, 2.75) is 26.3 Å². The zero-order chi connectivity index (χ0) is 9.84. The molecule has 1 aromatic rings. The van der Waals surface area contributed by atoms with Gasteiger partial charge in [-0.1, -0.05) is 18.2 Å². The van der Waals surface area contributed by atoms with Gasteiger partial charge in [0, 0.05) is 6.04 Å². The fourth-order valence-corrected chi connectivity index (χ4v) is 1.34. The molecule has 0 fully saturated rings. The lowest BCUT2D eigenvalue weighted by Gasteiger charge is -2.12. The summed E-state index contributed by atoms with van der Waals surface area (Å²) in [5.41, 5.74) is 15.2. The van der Waals surface area contributed by atoms with E-state index >= 15 is 0 Å². The smallest absolute Gasteiger partial charge is 0.0307 e. The highest BCUT2D eigenvalue weighted by atomic mass is 35.5. The molecule has 0 aromatic heterocycles. The summed E-state index contributed by atoms with van der Waals surface area (Å²) in [6.45, 7) is 4.86. The molecule has 0 saturated carbocycles. The number of benzene rings is 1. The van der Waals surface area contributed by atoms with Gasteiger partial charge in [-0.25, -0.2) is 0 Å². The van der Waals surface area contributed by atoms with Crippen LogP contribution in [0.15, 0.2) is 18.2 Å². The standard InChI is InChI=1S/C11H18N2.ClH/c1-8-3-4-10(7-9(8)2)11(13)5-6-12;/h3-4,7,11H,5-6,12-13H2,1-2H3;1H/t11-;/m1./s1. The molecule has 0 bridgehead atoms. The lowest BCUT2D eigenvalue weighted by atomic mass is 10.00. The van der Waals surface area contributed by atoms with Crippen LogP contribution in [0.5, 0.6) is 0 Å². The molecule has 0 amide bonds. The Hall–Kier alpha value is -0.570. The third-order valence-electron chi connectivity index (χ3n) is 2.44. The van der Waals surface area contributed by atoms with Crippen molar-refractivity contribution in [3.05, 3.63) is 34.9 Å². The summed E-state index contributed by atoms with van der Waals surface area (Å²) in [5, 5.41) is 0. The minimum absolute atomic E-state index is 0. The molecule has 4 N–H and O–H groups in total. The van der Waals surface area contributed by atoms with Gasteiger partial charge in [0.25, 0.3) is 0 Å². The van der Waals surface area contributed by atoms with E-state index in [0.717, 1.165) is 6.42 Å². The Kier molecular flexibility index (Phi) is 5.77. The highest BCUT2D eigenvalue weighted by molar-refractivity contribution is 5.85. The topological polar surface area (TPSA) is 52.0 Å². The maximum atomic E-state index is 5.94. The van der Waals surface area contributed by atoms with Gasteiger partial charge in [0.1, 0.15) is 0 Å². The van der Waals surface area contributed by atoms with Gasteiger partial charge < -0.3 is 11.5 Å². The van der Waals surface area contributed by atoms with Crippen molar-refractivity contribution in [2.24, 2.45) is 11.5 Å². The van der Waals surface area contributed by atoms with Crippen LogP contribution in [0.1, 0.15) is 29.2 Å². The first-order chi connectivity index (χ1) is 6.15. The highest BCUT2D eigenvalue weighted by Crippen LogP contribution is 2.16. The van der Waals surface area contributed by atoms with Crippen molar-refractivity contribution in [1.29, 1.82) is 0 Å². The van der Waals surface area contributed by atoms with Crippen LogP contribution in [0.2, 0.25) is 0 Å². The molecular weight excluding hydrogens is 196 g/mol. The lowest BCUT2D eigenvalue weighted by molar-refractivity contribution is 0.661. The second-order valence-corrected chi connectivity index (χ2v) is 3.53. The molecule has 1 rings (SSSR count). The molecule has 14 heavy (non-hydrogen) atoms. The van der Waals surface area contributed by atoms with Crippen molar-refractivity contribution in [2.75, 3.05) is 6.54 Å². The molecule has 0 aliphatic heterocycles. The third-order valence-corrected chi connectivity index (χ3v) is 2.44. The van der Waals surface area contributed by atoms with Crippen LogP contribution < -0.4 is 11.5 Å². The minimum atomic E-state index is 0. The van der Waals surface area contributed by atoms with E-state index in [1.165, 1.54) is 16.7 Å². The van der Waals surface area contributed by atoms with Gasteiger partial charge >= 0.3 is 0 Å². The second-order valence-electron chi connectivity index (χ2n) is 3.53. The molecule has 3 heteroatoms. The molecule has 1 aromatic carbocycles. The van der Waals surface area contributed by atoms with Crippen LogP contribution in [0.3, 0.4) is 0 Å². The fourth-order valence-electron chi connectivity index (χ4n) is 1.34. The molecule has 0 unspecified atom stereocenters. The van der Waals surface area contributed by atoms with Gasteiger partial charge in [-0.2, -0.15) is 0 Å². The average molecular weight is 215 g/mol. The highest BCUT2D eigenvalue weighted by Gasteiger charge is 2.04. The van der Waals surface area contributed by atoms with Crippen LogP contribution in [-0.4, -0.2) is 6.54 Å². The Labute approximate surface area is 92.1 Å². The predicted molar refractivity (Wildman–Crippen MR) is 63.8 cm³/mol. The van der Waals surface area contributed by atoms with E-state index in [0.29, 0.717) is 6.54 Å². The zero-order valence-electron chi connectivity index (χ0n) is 8.79. The summed E-state index contributed by atoms with van der Waals surface area (Å²) in [6, 6.07) is 6.43. The Morgan fingerprint density at radius 1 is 1.21 bits per heavy atom. The SMILES string of the molecule is Cc1ccc([C@H](N)CCN)cc1C.Cl. The molecule has 0 aliphatic rings. The van der Waals surface area contributed by atoms with Crippen LogP contribution >= 0.6 is 12.4 Å². The van der Waals surface area contributed by atoms with E-state index in [2.05, 4.69) is 32.0 Å². The summed E-state index contributed by atoms with van der Waals surface area (Å²) in [5.74, 6) is 0. The number of halogens is 1. The number of hydrogen-bond acceptors (Lipinski definition) is 2. The van der Waals surface area contributed by atoms with Gasteiger partial charge in [0.2, 0.25) is 0 Å². The first-order valence-corrected chi connectivity index (χ1v) is 4.68. The predicted octanol–water partition coefficient (Wildman–Crippen LogP) is 2.07. The van der Waals surface area contributed by atoms with Crippen molar-refractivity contribution < 1.29 is 0 Å². The normalized spacial score (nSPS) is 12.0.